The van der Waals surface area contributed by atoms with Gasteiger partial charge in [0.15, 0.2) is 17.3 Å². The fraction of sp³-hybridized carbons (Fsp3) is 0.368. The van der Waals surface area contributed by atoms with Gasteiger partial charge in [0.2, 0.25) is 5.75 Å². The normalized spacial score (nSPS) is 16.9. The molecule has 0 amide bonds. The maximum Gasteiger partial charge on any atom is 0.251 e. The van der Waals surface area contributed by atoms with Crippen LogP contribution in [0.25, 0.3) is 0 Å². The topological polar surface area (TPSA) is 57.7 Å². The molecule has 4 rings (SSSR count). The summed E-state index contributed by atoms with van der Waals surface area (Å²) in [7, 11) is 1.57. The van der Waals surface area contributed by atoms with E-state index in [0.29, 0.717) is 38.6 Å². The maximum absolute atomic E-state index is 12.9. The number of ether oxygens (including phenoxy) is 3. The molecular weight excluding hydrogens is 377 g/mol. The highest BCUT2D eigenvalue weighted by molar-refractivity contribution is 6.35. The van der Waals surface area contributed by atoms with Crippen LogP contribution in [0.1, 0.15) is 41.7 Å². The SMILES string of the molecule is COc1ccc(C(=O)Cc2ncc(Cl)cc2Cl)c2c1OC1(CCCC1)O2. The Morgan fingerprint density at radius 2 is 1.96 bits per heavy atom. The summed E-state index contributed by atoms with van der Waals surface area (Å²) >= 11 is 12.0. The number of carbonyl (C=O) groups is 1. The third kappa shape index (κ3) is 2.99. The molecule has 2 aromatic rings. The third-order valence-corrected chi connectivity index (χ3v) is 5.28. The van der Waals surface area contributed by atoms with Crippen molar-refractivity contribution in [2.75, 3.05) is 7.11 Å². The van der Waals surface area contributed by atoms with Gasteiger partial charge in [-0.2, -0.15) is 0 Å². The first-order valence-electron chi connectivity index (χ1n) is 8.43. The minimum Gasteiger partial charge on any atom is -0.493 e. The average Bonchev–Trinajstić information content (AvgIpc) is 3.23. The molecule has 2 aliphatic rings. The number of ketones is 1. The van der Waals surface area contributed by atoms with E-state index in [1.807, 2.05) is 0 Å². The molecule has 2 heterocycles. The molecule has 1 spiro atoms. The number of rotatable bonds is 4. The van der Waals surface area contributed by atoms with Crippen molar-refractivity contribution in [3.8, 4) is 17.2 Å². The minimum atomic E-state index is -0.678. The van der Waals surface area contributed by atoms with Gasteiger partial charge in [-0.3, -0.25) is 9.78 Å². The second kappa shape index (κ2) is 6.63. The van der Waals surface area contributed by atoms with Gasteiger partial charge in [0, 0.05) is 19.0 Å². The molecule has 0 bridgehead atoms. The zero-order valence-electron chi connectivity index (χ0n) is 14.2. The minimum absolute atomic E-state index is 0.0468. The van der Waals surface area contributed by atoms with Crippen LogP contribution in [0.15, 0.2) is 24.4 Å². The van der Waals surface area contributed by atoms with Crippen LogP contribution in [0.4, 0.5) is 0 Å². The Morgan fingerprint density at radius 3 is 2.65 bits per heavy atom. The summed E-state index contributed by atoms with van der Waals surface area (Å²) in [6.45, 7) is 0. The smallest absolute Gasteiger partial charge is 0.251 e. The van der Waals surface area contributed by atoms with Gasteiger partial charge in [-0.15, -0.1) is 0 Å². The Morgan fingerprint density at radius 1 is 1.23 bits per heavy atom. The molecule has 7 heteroatoms. The van der Waals surface area contributed by atoms with Gasteiger partial charge in [-0.25, -0.2) is 0 Å². The number of benzene rings is 1. The number of hydrogen-bond donors (Lipinski definition) is 0. The number of fused-ring (bicyclic) bond motifs is 1. The van der Waals surface area contributed by atoms with E-state index in [1.54, 1.807) is 25.3 Å². The van der Waals surface area contributed by atoms with Crippen molar-refractivity contribution in [3.05, 3.63) is 45.7 Å². The lowest BCUT2D eigenvalue weighted by Gasteiger charge is -2.21. The molecule has 26 heavy (non-hydrogen) atoms. The summed E-state index contributed by atoms with van der Waals surface area (Å²) in [6, 6.07) is 4.99. The highest BCUT2D eigenvalue weighted by Gasteiger charge is 2.46. The maximum atomic E-state index is 12.9. The van der Waals surface area contributed by atoms with Gasteiger partial charge in [0.25, 0.3) is 5.79 Å². The van der Waals surface area contributed by atoms with E-state index in [9.17, 15) is 4.79 Å². The monoisotopic (exact) mass is 393 g/mol. The lowest BCUT2D eigenvalue weighted by molar-refractivity contribution is -0.0724. The van der Waals surface area contributed by atoms with Crippen LogP contribution >= 0.6 is 23.2 Å². The molecule has 1 aliphatic carbocycles. The summed E-state index contributed by atoms with van der Waals surface area (Å²) in [5, 5.41) is 0.789. The molecular formula is C19H17Cl2NO4. The molecule has 136 valence electrons. The predicted octanol–water partition coefficient (Wildman–Crippen LogP) is 4.86. The highest BCUT2D eigenvalue weighted by Crippen LogP contribution is 2.52. The summed E-state index contributed by atoms with van der Waals surface area (Å²) in [4.78, 5) is 17.1. The Kier molecular flexibility index (Phi) is 4.45. The first kappa shape index (κ1) is 17.4. The number of Topliss-reactive ketones (excluding diaryl/α,β-unsaturated/α-hetero) is 1. The van der Waals surface area contributed by atoms with Gasteiger partial charge in [0.1, 0.15) is 0 Å². The standard InChI is InChI=1S/C19H17Cl2NO4/c1-24-16-5-4-12(15(23)9-14-13(21)8-11(20)10-22-14)17-18(16)26-19(25-17)6-2-3-7-19/h4-5,8,10H,2-3,6-7,9H2,1H3. The number of nitrogens with zero attached hydrogens (tertiary/aromatic N) is 1. The zero-order chi connectivity index (χ0) is 18.3. The highest BCUT2D eigenvalue weighted by atomic mass is 35.5. The molecule has 1 fully saturated rings. The van der Waals surface area contributed by atoms with Gasteiger partial charge < -0.3 is 14.2 Å². The summed E-state index contributed by atoms with van der Waals surface area (Å²) in [5.74, 6) is 0.668. The average molecular weight is 394 g/mol. The quantitative estimate of drug-likeness (QED) is 0.693. The van der Waals surface area contributed by atoms with Crippen molar-refractivity contribution in [2.24, 2.45) is 0 Å². The molecule has 0 radical (unpaired) electrons. The van der Waals surface area contributed by atoms with E-state index in [-0.39, 0.29) is 12.2 Å². The van der Waals surface area contributed by atoms with Gasteiger partial charge in [-0.1, -0.05) is 23.2 Å². The second-order valence-electron chi connectivity index (χ2n) is 6.48. The molecule has 1 aromatic heterocycles. The molecule has 0 unspecified atom stereocenters. The Bertz CT molecular complexity index is 878. The van der Waals surface area contributed by atoms with E-state index in [4.69, 9.17) is 37.4 Å². The zero-order valence-corrected chi connectivity index (χ0v) is 15.7. The van der Waals surface area contributed by atoms with Gasteiger partial charge in [0.05, 0.1) is 34.8 Å². The molecule has 5 nitrogen and oxygen atoms in total. The lowest BCUT2D eigenvalue weighted by atomic mass is 10.0. The summed E-state index contributed by atoms with van der Waals surface area (Å²) < 4.78 is 17.6. The van der Waals surface area contributed by atoms with Crippen LogP contribution < -0.4 is 14.2 Å². The Labute approximate surface area is 161 Å². The number of hydrogen-bond acceptors (Lipinski definition) is 5. The number of methoxy groups -OCH3 is 1. The molecule has 0 atom stereocenters. The van der Waals surface area contributed by atoms with E-state index < -0.39 is 5.79 Å². The number of aromatic nitrogens is 1. The fourth-order valence-electron chi connectivity index (χ4n) is 3.45. The van der Waals surface area contributed by atoms with E-state index in [0.717, 1.165) is 25.7 Å². The van der Waals surface area contributed by atoms with Crippen LogP contribution in [0.5, 0.6) is 17.2 Å². The van der Waals surface area contributed by atoms with Crippen molar-refractivity contribution in [1.82, 2.24) is 4.98 Å². The second-order valence-corrected chi connectivity index (χ2v) is 7.32. The van der Waals surface area contributed by atoms with Crippen LogP contribution in [-0.2, 0) is 6.42 Å². The van der Waals surface area contributed by atoms with Gasteiger partial charge >= 0.3 is 0 Å². The van der Waals surface area contributed by atoms with E-state index >= 15 is 0 Å². The van der Waals surface area contributed by atoms with Crippen LogP contribution in [0.3, 0.4) is 0 Å². The number of halogens is 2. The van der Waals surface area contributed by atoms with Crippen LogP contribution in [0, 0.1) is 0 Å². The van der Waals surface area contributed by atoms with Crippen molar-refractivity contribution >= 4 is 29.0 Å². The predicted molar refractivity (Wildman–Crippen MR) is 97.7 cm³/mol. The molecule has 0 saturated heterocycles. The number of pyridine rings is 1. The van der Waals surface area contributed by atoms with Crippen LogP contribution in [0.2, 0.25) is 10.0 Å². The van der Waals surface area contributed by atoms with Gasteiger partial charge in [-0.05, 0) is 31.0 Å². The summed E-state index contributed by atoms with van der Waals surface area (Å²) in [6.07, 6.45) is 5.17. The largest absolute Gasteiger partial charge is 0.493 e. The van der Waals surface area contributed by atoms with Crippen molar-refractivity contribution in [1.29, 1.82) is 0 Å². The Hall–Kier alpha value is -1.98. The molecule has 1 saturated carbocycles. The molecule has 0 N–H and O–H groups in total. The Balaban J connectivity index is 1.67. The van der Waals surface area contributed by atoms with E-state index in [1.165, 1.54) is 6.20 Å². The third-order valence-electron chi connectivity index (χ3n) is 4.75. The summed E-state index contributed by atoms with van der Waals surface area (Å²) in [5.41, 5.74) is 0.914. The fourth-order valence-corrected chi connectivity index (χ4v) is 3.90. The van der Waals surface area contributed by atoms with Crippen molar-refractivity contribution < 1.29 is 19.0 Å². The number of carbonyl (C=O) groups excluding carboxylic acids is 1. The van der Waals surface area contributed by atoms with Crippen molar-refractivity contribution in [2.45, 2.75) is 37.9 Å². The van der Waals surface area contributed by atoms with E-state index in [2.05, 4.69) is 4.98 Å². The molecule has 1 aromatic carbocycles. The van der Waals surface area contributed by atoms with Crippen LogP contribution in [-0.4, -0.2) is 23.7 Å². The van der Waals surface area contributed by atoms with Crippen molar-refractivity contribution in [3.63, 3.8) is 0 Å². The lowest BCUT2D eigenvalue weighted by Crippen LogP contribution is -2.34. The molecule has 1 aliphatic heterocycles. The first-order valence-corrected chi connectivity index (χ1v) is 9.19. The first-order chi connectivity index (χ1) is 12.5.